The maximum atomic E-state index is 10.0. The Labute approximate surface area is 120 Å². The molecule has 0 aliphatic rings. The Morgan fingerprint density at radius 1 is 1.00 bits per heavy atom. The number of hydrogen-bond donors (Lipinski definition) is 1. The molecule has 5 heteroatoms. The van der Waals surface area contributed by atoms with E-state index in [9.17, 15) is 5.11 Å². The van der Waals surface area contributed by atoms with E-state index >= 15 is 0 Å². The minimum absolute atomic E-state index is 0.227. The largest absolute Gasteiger partial charge is 0.493 e. The Morgan fingerprint density at radius 2 is 1.70 bits per heavy atom. The molecule has 0 amide bonds. The summed E-state index contributed by atoms with van der Waals surface area (Å²) in [5, 5.41) is 10.0. The van der Waals surface area contributed by atoms with Crippen LogP contribution in [0, 0.1) is 0 Å². The standard InChI is InChI=1S/C15H24O5/c1-4-7-19-8-9-20-11-13(16)12-5-6-14(17-2)15(10-12)18-3/h5-6,10,13,16H,4,7-9,11H2,1-3H3. The molecule has 0 spiro atoms. The van der Waals surface area contributed by atoms with Crippen molar-refractivity contribution in [3.63, 3.8) is 0 Å². The number of methoxy groups -OCH3 is 2. The average Bonchev–Trinajstić information content (AvgIpc) is 2.49. The molecule has 0 aliphatic heterocycles. The lowest BCUT2D eigenvalue weighted by atomic mass is 10.1. The van der Waals surface area contributed by atoms with E-state index < -0.39 is 6.10 Å². The van der Waals surface area contributed by atoms with Crippen molar-refractivity contribution in [2.75, 3.05) is 40.6 Å². The first-order valence-corrected chi connectivity index (χ1v) is 6.78. The summed E-state index contributed by atoms with van der Waals surface area (Å²) in [4.78, 5) is 0. The molecular formula is C15H24O5. The lowest BCUT2D eigenvalue weighted by Crippen LogP contribution is -2.11. The zero-order chi connectivity index (χ0) is 14.8. The van der Waals surface area contributed by atoms with Crippen LogP contribution in [0.4, 0.5) is 0 Å². The first-order chi connectivity index (χ1) is 9.72. The van der Waals surface area contributed by atoms with Crippen LogP contribution in [0.15, 0.2) is 18.2 Å². The van der Waals surface area contributed by atoms with Gasteiger partial charge in [0.2, 0.25) is 0 Å². The van der Waals surface area contributed by atoms with Gasteiger partial charge in [-0.05, 0) is 24.1 Å². The van der Waals surface area contributed by atoms with Crippen molar-refractivity contribution in [2.45, 2.75) is 19.4 Å². The Bertz CT molecular complexity index is 381. The van der Waals surface area contributed by atoms with Gasteiger partial charge in [-0.15, -0.1) is 0 Å². The first-order valence-electron chi connectivity index (χ1n) is 6.78. The molecule has 0 aliphatic carbocycles. The van der Waals surface area contributed by atoms with E-state index in [4.69, 9.17) is 18.9 Å². The minimum atomic E-state index is -0.694. The molecule has 114 valence electrons. The molecule has 5 nitrogen and oxygen atoms in total. The van der Waals surface area contributed by atoms with E-state index in [0.717, 1.165) is 18.6 Å². The van der Waals surface area contributed by atoms with Crippen molar-refractivity contribution in [3.05, 3.63) is 23.8 Å². The number of hydrogen-bond acceptors (Lipinski definition) is 5. The third kappa shape index (κ3) is 5.36. The maximum absolute atomic E-state index is 10.0. The van der Waals surface area contributed by atoms with Gasteiger partial charge in [-0.3, -0.25) is 0 Å². The molecule has 0 saturated carbocycles. The van der Waals surface area contributed by atoms with Gasteiger partial charge in [0.05, 0.1) is 34.0 Å². The number of benzene rings is 1. The predicted molar refractivity (Wildman–Crippen MR) is 76.4 cm³/mol. The number of aliphatic hydroxyl groups excluding tert-OH is 1. The molecule has 1 unspecified atom stereocenters. The van der Waals surface area contributed by atoms with Gasteiger partial charge in [0.15, 0.2) is 11.5 Å². The monoisotopic (exact) mass is 284 g/mol. The highest BCUT2D eigenvalue weighted by atomic mass is 16.5. The molecule has 1 rings (SSSR count). The molecule has 1 N–H and O–H groups in total. The average molecular weight is 284 g/mol. The van der Waals surface area contributed by atoms with Gasteiger partial charge in [0.1, 0.15) is 6.10 Å². The first kappa shape index (κ1) is 16.8. The second kappa shape index (κ2) is 9.58. The van der Waals surface area contributed by atoms with Crippen LogP contribution >= 0.6 is 0 Å². The number of ether oxygens (including phenoxy) is 4. The van der Waals surface area contributed by atoms with E-state index in [1.165, 1.54) is 0 Å². The molecule has 20 heavy (non-hydrogen) atoms. The Hall–Kier alpha value is -1.30. The van der Waals surface area contributed by atoms with Crippen LogP contribution in [0.5, 0.6) is 11.5 Å². The fraction of sp³-hybridized carbons (Fsp3) is 0.600. The fourth-order valence-electron chi connectivity index (χ4n) is 1.72. The Balaban J connectivity index is 2.41. The van der Waals surface area contributed by atoms with Crippen molar-refractivity contribution >= 4 is 0 Å². The summed E-state index contributed by atoms with van der Waals surface area (Å²) >= 11 is 0. The van der Waals surface area contributed by atoms with E-state index in [2.05, 4.69) is 6.92 Å². The molecule has 0 radical (unpaired) electrons. The predicted octanol–water partition coefficient (Wildman–Crippen LogP) is 2.18. The van der Waals surface area contributed by atoms with Gasteiger partial charge < -0.3 is 24.1 Å². The van der Waals surface area contributed by atoms with Crippen molar-refractivity contribution in [1.29, 1.82) is 0 Å². The summed E-state index contributed by atoms with van der Waals surface area (Å²) in [6.45, 7) is 4.05. The third-order valence-corrected chi connectivity index (χ3v) is 2.79. The van der Waals surface area contributed by atoms with Gasteiger partial charge in [-0.25, -0.2) is 0 Å². The second-order valence-corrected chi connectivity index (χ2v) is 4.32. The van der Waals surface area contributed by atoms with Crippen LogP contribution in [-0.4, -0.2) is 45.8 Å². The van der Waals surface area contributed by atoms with E-state index in [1.807, 2.05) is 0 Å². The zero-order valence-electron chi connectivity index (χ0n) is 12.4. The Kier molecular flexibility index (Phi) is 8.02. The van der Waals surface area contributed by atoms with Gasteiger partial charge in [0, 0.05) is 6.61 Å². The van der Waals surface area contributed by atoms with Crippen molar-refractivity contribution in [2.24, 2.45) is 0 Å². The van der Waals surface area contributed by atoms with Crippen LogP contribution in [0.25, 0.3) is 0 Å². The van der Waals surface area contributed by atoms with Gasteiger partial charge in [-0.1, -0.05) is 13.0 Å². The normalized spacial score (nSPS) is 12.2. The summed E-state index contributed by atoms with van der Waals surface area (Å²) in [7, 11) is 3.14. The molecule has 0 saturated heterocycles. The van der Waals surface area contributed by atoms with Crippen LogP contribution < -0.4 is 9.47 Å². The highest BCUT2D eigenvalue weighted by Gasteiger charge is 2.11. The second-order valence-electron chi connectivity index (χ2n) is 4.32. The summed E-state index contributed by atoms with van der Waals surface area (Å²) in [6, 6.07) is 5.31. The lowest BCUT2D eigenvalue weighted by Gasteiger charge is -2.14. The van der Waals surface area contributed by atoms with Crippen molar-refractivity contribution in [3.8, 4) is 11.5 Å². The molecule has 0 heterocycles. The van der Waals surface area contributed by atoms with Crippen LogP contribution in [0.1, 0.15) is 25.0 Å². The molecule has 1 aromatic rings. The summed E-state index contributed by atoms with van der Waals surface area (Å²) in [6.07, 6.45) is 0.301. The topological polar surface area (TPSA) is 57.2 Å². The molecule has 0 bridgehead atoms. The van der Waals surface area contributed by atoms with Gasteiger partial charge in [0.25, 0.3) is 0 Å². The van der Waals surface area contributed by atoms with Crippen LogP contribution in [-0.2, 0) is 9.47 Å². The van der Waals surface area contributed by atoms with Gasteiger partial charge >= 0.3 is 0 Å². The smallest absolute Gasteiger partial charge is 0.161 e. The maximum Gasteiger partial charge on any atom is 0.161 e. The molecular weight excluding hydrogens is 260 g/mol. The number of aliphatic hydroxyl groups is 1. The molecule has 1 atom stereocenters. The molecule has 1 aromatic carbocycles. The summed E-state index contributed by atoms with van der Waals surface area (Å²) in [5.74, 6) is 1.23. The van der Waals surface area contributed by atoms with Gasteiger partial charge in [-0.2, -0.15) is 0 Å². The van der Waals surface area contributed by atoms with E-state index in [1.54, 1.807) is 32.4 Å². The van der Waals surface area contributed by atoms with Crippen LogP contribution in [0.2, 0.25) is 0 Å². The van der Waals surface area contributed by atoms with Crippen molar-refractivity contribution < 1.29 is 24.1 Å². The quantitative estimate of drug-likeness (QED) is 0.667. The fourth-order valence-corrected chi connectivity index (χ4v) is 1.72. The highest BCUT2D eigenvalue weighted by Crippen LogP contribution is 2.29. The zero-order valence-corrected chi connectivity index (χ0v) is 12.4. The number of rotatable bonds is 10. The summed E-state index contributed by atoms with van der Waals surface area (Å²) < 4.78 is 21.0. The Morgan fingerprint density at radius 3 is 2.35 bits per heavy atom. The third-order valence-electron chi connectivity index (χ3n) is 2.79. The minimum Gasteiger partial charge on any atom is -0.493 e. The van der Waals surface area contributed by atoms with E-state index in [-0.39, 0.29) is 6.61 Å². The van der Waals surface area contributed by atoms with Crippen molar-refractivity contribution in [1.82, 2.24) is 0 Å². The van der Waals surface area contributed by atoms with Crippen LogP contribution in [0.3, 0.4) is 0 Å². The SMILES string of the molecule is CCCOCCOCC(O)c1ccc(OC)c(OC)c1. The summed E-state index contributed by atoms with van der Waals surface area (Å²) in [5.41, 5.74) is 0.733. The lowest BCUT2D eigenvalue weighted by molar-refractivity contribution is 0.00320. The van der Waals surface area contributed by atoms with E-state index in [0.29, 0.717) is 24.7 Å². The molecule has 0 fully saturated rings. The molecule has 0 aromatic heterocycles. The highest BCUT2D eigenvalue weighted by molar-refractivity contribution is 5.43.